The molecule has 0 aliphatic rings. The minimum atomic E-state index is -0.327. The monoisotopic (exact) mass is 366 g/mol. The third-order valence-corrected chi connectivity index (χ3v) is 4.91. The Morgan fingerprint density at radius 2 is 1.33 bits per heavy atom. The summed E-state index contributed by atoms with van der Waals surface area (Å²) in [6.45, 7) is 19.6. The van der Waals surface area contributed by atoms with E-state index in [9.17, 15) is 10.1 Å². The first-order chi connectivity index (χ1) is 12.1. The molecule has 0 aliphatic heterocycles. The first kappa shape index (κ1) is 21.1. The number of nitro benzene ring substituents is 1. The van der Waals surface area contributed by atoms with E-state index in [1.165, 1.54) is 5.56 Å². The zero-order chi connectivity index (χ0) is 20.8. The number of hydrogen-bond donors (Lipinski definition) is 0. The van der Waals surface area contributed by atoms with Crippen molar-refractivity contribution < 1.29 is 4.92 Å². The van der Waals surface area contributed by atoms with Crippen molar-refractivity contribution in [3.8, 4) is 11.1 Å². The molecule has 0 spiro atoms. The van der Waals surface area contributed by atoms with Crippen molar-refractivity contribution in [2.45, 2.75) is 78.6 Å². The Morgan fingerprint density at radius 1 is 0.852 bits per heavy atom. The van der Waals surface area contributed by atoms with Gasteiger partial charge in [0.25, 0.3) is 5.69 Å². The maximum Gasteiger partial charge on any atom is 0.285 e. The Bertz CT molecular complexity index is 824. The molecular formula is C24H32NO2. The third kappa shape index (κ3) is 4.40. The van der Waals surface area contributed by atoms with Gasteiger partial charge in [-0.15, -0.1) is 0 Å². The van der Waals surface area contributed by atoms with Crippen molar-refractivity contribution in [3.05, 3.63) is 63.2 Å². The molecule has 0 aliphatic carbocycles. The topological polar surface area (TPSA) is 43.1 Å². The highest BCUT2D eigenvalue weighted by Crippen LogP contribution is 2.45. The normalized spacial score (nSPS) is 12.9. The standard InChI is InChI=1S/C24H32NO2/c1-22(2,3)16-14-18(23(4,5)6)21(19(15-16)24(7,8)9)17-12-10-11-13-20(17)25(26)27/h10-12,14-15H,1-9H3. The summed E-state index contributed by atoms with van der Waals surface area (Å²) in [5.41, 5.74) is 4.89. The molecule has 0 saturated heterocycles. The lowest BCUT2D eigenvalue weighted by molar-refractivity contribution is -0.384. The van der Waals surface area contributed by atoms with Crippen LogP contribution in [-0.2, 0) is 16.2 Å². The molecule has 2 aromatic carbocycles. The lowest BCUT2D eigenvalue weighted by atomic mass is 9.71. The SMILES string of the molecule is CC(C)(C)c1cc(C(C)(C)C)c(-c2ccc[c]c2[N+](=O)[O-])c(C(C)(C)C)c1. The van der Waals surface area contributed by atoms with E-state index in [0.717, 1.165) is 16.7 Å². The fraction of sp³-hybridized carbons (Fsp3) is 0.500. The molecule has 0 aromatic heterocycles. The summed E-state index contributed by atoms with van der Waals surface area (Å²) in [7, 11) is 0. The molecule has 3 heteroatoms. The van der Waals surface area contributed by atoms with Gasteiger partial charge in [0.15, 0.2) is 0 Å². The van der Waals surface area contributed by atoms with Crippen molar-refractivity contribution in [1.29, 1.82) is 0 Å². The third-order valence-electron chi connectivity index (χ3n) is 4.91. The van der Waals surface area contributed by atoms with Crippen LogP contribution in [-0.4, -0.2) is 4.92 Å². The minimum absolute atomic E-state index is 0.00667. The van der Waals surface area contributed by atoms with E-state index in [1.54, 1.807) is 6.07 Å². The van der Waals surface area contributed by atoms with Crippen LogP contribution in [0, 0.1) is 16.2 Å². The Labute approximate surface area is 164 Å². The maximum atomic E-state index is 11.7. The van der Waals surface area contributed by atoms with Gasteiger partial charge in [-0.1, -0.05) is 80.5 Å². The highest BCUT2D eigenvalue weighted by Gasteiger charge is 2.32. The molecule has 0 atom stereocenters. The first-order valence-electron chi connectivity index (χ1n) is 9.49. The number of nitro groups is 1. The molecule has 0 heterocycles. The van der Waals surface area contributed by atoms with Crippen molar-refractivity contribution in [3.63, 3.8) is 0 Å². The van der Waals surface area contributed by atoms with Crippen LogP contribution < -0.4 is 0 Å². The van der Waals surface area contributed by atoms with Gasteiger partial charge in [0.1, 0.15) is 0 Å². The highest BCUT2D eigenvalue weighted by atomic mass is 16.6. The van der Waals surface area contributed by atoms with Gasteiger partial charge < -0.3 is 0 Å². The molecule has 2 aromatic rings. The molecule has 0 N–H and O–H groups in total. The zero-order valence-corrected chi connectivity index (χ0v) is 18.2. The van der Waals surface area contributed by atoms with Crippen LogP contribution in [0.15, 0.2) is 30.3 Å². The molecule has 3 nitrogen and oxygen atoms in total. The molecule has 145 valence electrons. The van der Waals surface area contributed by atoms with Gasteiger partial charge >= 0.3 is 0 Å². The quantitative estimate of drug-likeness (QED) is 0.426. The van der Waals surface area contributed by atoms with Crippen LogP contribution in [0.2, 0.25) is 0 Å². The molecule has 0 fully saturated rings. The predicted octanol–water partition coefficient (Wildman–Crippen LogP) is 6.95. The smallest absolute Gasteiger partial charge is 0.258 e. The summed E-state index contributed by atoms with van der Waals surface area (Å²) in [5, 5.41) is 11.7. The summed E-state index contributed by atoms with van der Waals surface area (Å²) in [6.07, 6.45) is 0. The van der Waals surface area contributed by atoms with Gasteiger partial charge in [-0.2, -0.15) is 0 Å². The van der Waals surface area contributed by atoms with Crippen molar-refractivity contribution >= 4 is 5.69 Å². The van der Waals surface area contributed by atoms with E-state index in [1.807, 2.05) is 12.1 Å². The van der Waals surface area contributed by atoms with Crippen LogP contribution in [0.3, 0.4) is 0 Å². The molecule has 0 bridgehead atoms. The number of nitrogens with zero attached hydrogens (tertiary/aromatic N) is 1. The highest BCUT2D eigenvalue weighted by molar-refractivity contribution is 5.81. The van der Waals surface area contributed by atoms with Crippen LogP contribution in [0.1, 0.15) is 79.0 Å². The van der Waals surface area contributed by atoms with Gasteiger partial charge in [0, 0.05) is 0 Å². The molecule has 0 amide bonds. The summed E-state index contributed by atoms with van der Waals surface area (Å²) in [4.78, 5) is 11.4. The number of hydrogen-bond acceptors (Lipinski definition) is 2. The van der Waals surface area contributed by atoms with Crippen molar-refractivity contribution in [2.24, 2.45) is 0 Å². The predicted molar refractivity (Wildman–Crippen MR) is 113 cm³/mol. The Balaban J connectivity index is 3.06. The summed E-state index contributed by atoms with van der Waals surface area (Å²) < 4.78 is 0. The van der Waals surface area contributed by atoms with E-state index in [0.29, 0.717) is 5.56 Å². The fourth-order valence-electron chi connectivity index (χ4n) is 3.33. The molecule has 2 rings (SSSR count). The fourth-order valence-corrected chi connectivity index (χ4v) is 3.33. The summed E-state index contributed by atoms with van der Waals surface area (Å²) in [5.74, 6) is 0. The zero-order valence-electron chi connectivity index (χ0n) is 18.2. The van der Waals surface area contributed by atoms with Gasteiger partial charge in [0.2, 0.25) is 0 Å². The molecule has 0 unspecified atom stereocenters. The van der Waals surface area contributed by atoms with E-state index >= 15 is 0 Å². The number of benzene rings is 2. The number of rotatable bonds is 2. The Morgan fingerprint density at radius 3 is 1.70 bits per heavy atom. The largest absolute Gasteiger partial charge is 0.285 e. The van der Waals surface area contributed by atoms with Crippen LogP contribution in [0.4, 0.5) is 5.69 Å². The lowest BCUT2D eigenvalue weighted by Crippen LogP contribution is -2.23. The lowest BCUT2D eigenvalue weighted by Gasteiger charge is -2.33. The van der Waals surface area contributed by atoms with Gasteiger partial charge in [-0.05, 0) is 50.6 Å². The van der Waals surface area contributed by atoms with Gasteiger partial charge in [0.05, 0.1) is 16.6 Å². The maximum absolute atomic E-state index is 11.7. The summed E-state index contributed by atoms with van der Waals surface area (Å²) in [6, 6.07) is 12.6. The van der Waals surface area contributed by atoms with E-state index in [2.05, 4.69) is 80.5 Å². The van der Waals surface area contributed by atoms with E-state index in [-0.39, 0.29) is 26.9 Å². The molecule has 27 heavy (non-hydrogen) atoms. The minimum Gasteiger partial charge on any atom is -0.258 e. The molecule has 0 saturated carbocycles. The first-order valence-corrected chi connectivity index (χ1v) is 9.49. The second kappa shape index (κ2) is 6.78. The average Bonchev–Trinajstić information content (AvgIpc) is 2.51. The number of para-hydroxylation sites is 1. The van der Waals surface area contributed by atoms with Crippen molar-refractivity contribution in [2.75, 3.05) is 0 Å². The average molecular weight is 367 g/mol. The van der Waals surface area contributed by atoms with Crippen molar-refractivity contribution in [1.82, 2.24) is 0 Å². The Kier molecular flexibility index (Phi) is 5.31. The van der Waals surface area contributed by atoms with Crippen LogP contribution in [0.25, 0.3) is 11.1 Å². The Hall–Kier alpha value is -2.16. The van der Waals surface area contributed by atoms with Gasteiger partial charge in [-0.25, -0.2) is 0 Å². The second-order valence-electron chi connectivity index (χ2n) is 10.4. The van der Waals surface area contributed by atoms with Crippen LogP contribution in [0.5, 0.6) is 0 Å². The molecule has 1 radical (unpaired) electrons. The van der Waals surface area contributed by atoms with Crippen LogP contribution >= 0.6 is 0 Å². The second-order valence-corrected chi connectivity index (χ2v) is 10.4. The van der Waals surface area contributed by atoms with Gasteiger partial charge in [-0.3, -0.25) is 10.1 Å². The van der Waals surface area contributed by atoms with E-state index < -0.39 is 0 Å². The molecular weight excluding hydrogens is 334 g/mol. The summed E-state index contributed by atoms with van der Waals surface area (Å²) >= 11 is 0. The van der Waals surface area contributed by atoms with E-state index in [4.69, 9.17) is 0 Å².